The summed E-state index contributed by atoms with van der Waals surface area (Å²) in [5.41, 5.74) is 0.406. The molecule has 6 nitrogen and oxygen atoms in total. The van der Waals surface area contributed by atoms with Crippen molar-refractivity contribution in [1.29, 1.82) is 0 Å². The number of hydrogen-bond donors (Lipinski definition) is 2. The van der Waals surface area contributed by atoms with Crippen LogP contribution in [0, 0.1) is 0 Å². The summed E-state index contributed by atoms with van der Waals surface area (Å²) >= 11 is 0. The van der Waals surface area contributed by atoms with Crippen molar-refractivity contribution in [2.45, 2.75) is 13.0 Å². The Morgan fingerprint density at radius 3 is 2.64 bits per heavy atom. The van der Waals surface area contributed by atoms with Gasteiger partial charge in [0, 0.05) is 11.8 Å². The van der Waals surface area contributed by atoms with Crippen LogP contribution in [0.1, 0.15) is 28.9 Å². The maximum Gasteiger partial charge on any atom is 0.260 e. The zero-order valence-electron chi connectivity index (χ0n) is 12.7. The molecule has 0 aliphatic heterocycles. The van der Waals surface area contributed by atoms with Crippen LogP contribution in [0.15, 0.2) is 41.3 Å². The number of benzene rings is 1. The summed E-state index contributed by atoms with van der Waals surface area (Å²) in [6, 6.07) is 8.07. The second-order valence-electron chi connectivity index (χ2n) is 4.72. The number of carbonyl (C=O) groups excluding carboxylic acids is 1. The van der Waals surface area contributed by atoms with Crippen LogP contribution in [-0.2, 0) is 0 Å². The average Bonchev–Trinajstić information content (AvgIpc) is 2.54. The summed E-state index contributed by atoms with van der Waals surface area (Å²) in [6.07, 6.45) is 1.48. The van der Waals surface area contributed by atoms with Crippen LogP contribution in [0.3, 0.4) is 0 Å². The number of ether oxygens (including phenoxy) is 2. The van der Waals surface area contributed by atoms with Gasteiger partial charge in [0.25, 0.3) is 11.5 Å². The molecule has 1 atom stereocenters. The third kappa shape index (κ3) is 3.28. The molecule has 0 fully saturated rings. The van der Waals surface area contributed by atoms with Gasteiger partial charge in [-0.15, -0.1) is 0 Å². The minimum absolute atomic E-state index is 0.0659. The Morgan fingerprint density at radius 1 is 1.23 bits per heavy atom. The molecule has 116 valence electrons. The van der Waals surface area contributed by atoms with E-state index >= 15 is 0 Å². The molecule has 1 aromatic heterocycles. The summed E-state index contributed by atoms with van der Waals surface area (Å²) in [7, 11) is 3.13. The molecule has 0 aliphatic carbocycles. The second-order valence-corrected chi connectivity index (χ2v) is 4.72. The van der Waals surface area contributed by atoms with Crippen LogP contribution in [0.25, 0.3) is 0 Å². The van der Waals surface area contributed by atoms with Crippen molar-refractivity contribution in [3.8, 4) is 11.5 Å². The average molecular weight is 302 g/mol. The van der Waals surface area contributed by atoms with Crippen molar-refractivity contribution in [2.24, 2.45) is 0 Å². The highest BCUT2D eigenvalue weighted by Gasteiger charge is 2.17. The van der Waals surface area contributed by atoms with Gasteiger partial charge in [-0.2, -0.15) is 0 Å². The van der Waals surface area contributed by atoms with Gasteiger partial charge in [-0.05, 0) is 37.3 Å². The van der Waals surface area contributed by atoms with Crippen LogP contribution in [0.4, 0.5) is 0 Å². The van der Waals surface area contributed by atoms with Crippen molar-refractivity contribution in [1.82, 2.24) is 10.3 Å². The predicted octanol–water partition coefficient (Wildman–Crippen LogP) is 1.88. The maximum absolute atomic E-state index is 12.2. The molecule has 1 heterocycles. The van der Waals surface area contributed by atoms with Gasteiger partial charge in [0.2, 0.25) is 0 Å². The van der Waals surface area contributed by atoms with Gasteiger partial charge >= 0.3 is 0 Å². The Kier molecular flexibility index (Phi) is 4.83. The number of rotatable bonds is 5. The van der Waals surface area contributed by atoms with E-state index in [9.17, 15) is 9.59 Å². The first-order valence-electron chi connectivity index (χ1n) is 6.77. The standard InChI is InChI=1S/C16H18N2O4/c1-10(13-9-11(21-2)6-7-14(13)22-3)18-16(20)12-5-4-8-17-15(12)19/h4-10H,1-3H3,(H,17,19)(H,18,20). The van der Waals surface area contributed by atoms with E-state index < -0.39 is 11.5 Å². The number of pyridine rings is 1. The number of carbonyl (C=O) groups is 1. The highest BCUT2D eigenvalue weighted by Crippen LogP contribution is 2.29. The summed E-state index contributed by atoms with van der Waals surface area (Å²) in [5.74, 6) is 0.851. The second kappa shape index (κ2) is 6.80. The Labute approximate surface area is 128 Å². The quantitative estimate of drug-likeness (QED) is 0.883. The molecule has 0 saturated heterocycles. The topological polar surface area (TPSA) is 80.4 Å². The fraction of sp³-hybridized carbons (Fsp3) is 0.250. The molecule has 22 heavy (non-hydrogen) atoms. The van der Waals surface area contributed by atoms with E-state index in [1.165, 1.54) is 12.3 Å². The van der Waals surface area contributed by atoms with Gasteiger partial charge in [0.1, 0.15) is 17.1 Å². The van der Waals surface area contributed by atoms with E-state index in [2.05, 4.69) is 10.3 Å². The van der Waals surface area contributed by atoms with Gasteiger partial charge in [-0.25, -0.2) is 0 Å². The number of aromatic amines is 1. The van der Waals surface area contributed by atoms with Gasteiger partial charge in [0.15, 0.2) is 0 Å². The maximum atomic E-state index is 12.2. The van der Waals surface area contributed by atoms with E-state index in [1.807, 2.05) is 6.92 Å². The Morgan fingerprint density at radius 2 is 2.00 bits per heavy atom. The van der Waals surface area contributed by atoms with Gasteiger partial charge in [0.05, 0.1) is 20.3 Å². The SMILES string of the molecule is COc1ccc(OC)c(C(C)NC(=O)c2ccc[nH]c2=O)c1. The molecule has 6 heteroatoms. The fourth-order valence-corrected chi connectivity index (χ4v) is 2.13. The molecule has 2 N–H and O–H groups in total. The normalized spacial score (nSPS) is 11.6. The van der Waals surface area contributed by atoms with Crippen LogP contribution >= 0.6 is 0 Å². The molecular weight excluding hydrogens is 284 g/mol. The first-order valence-corrected chi connectivity index (χ1v) is 6.77. The molecule has 0 radical (unpaired) electrons. The Bertz CT molecular complexity index is 724. The molecular formula is C16H18N2O4. The first-order chi connectivity index (χ1) is 10.6. The molecule has 0 spiro atoms. The molecule has 1 aromatic carbocycles. The minimum atomic E-state index is -0.445. The Balaban J connectivity index is 2.25. The van der Waals surface area contributed by atoms with Crippen molar-refractivity contribution in [3.05, 3.63) is 58.0 Å². The highest BCUT2D eigenvalue weighted by atomic mass is 16.5. The van der Waals surface area contributed by atoms with Crippen LogP contribution in [-0.4, -0.2) is 25.1 Å². The lowest BCUT2D eigenvalue weighted by molar-refractivity contribution is 0.0938. The molecule has 1 unspecified atom stereocenters. The number of hydrogen-bond acceptors (Lipinski definition) is 4. The molecule has 0 bridgehead atoms. The van der Waals surface area contributed by atoms with Crippen molar-refractivity contribution >= 4 is 5.91 Å². The summed E-state index contributed by atoms with van der Waals surface area (Å²) in [5, 5.41) is 2.78. The van der Waals surface area contributed by atoms with E-state index in [0.717, 1.165) is 5.56 Å². The highest BCUT2D eigenvalue weighted by molar-refractivity contribution is 5.94. The molecule has 2 rings (SSSR count). The van der Waals surface area contributed by atoms with E-state index in [0.29, 0.717) is 11.5 Å². The number of nitrogens with one attached hydrogen (secondary N) is 2. The third-order valence-corrected chi connectivity index (χ3v) is 3.31. The van der Waals surface area contributed by atoms with Crippen LogP contribution in [0.5, 0.6) is 11.5 Å². The fourth-order valence-electron chi connectivity index (χ4n) is 2.13. The van der Waals surface area contributed by atoms with Crippen LogP contribution in [0.2, 0.25) is 0 Å². The minimum Gasteiger partial charge on any atom is -0.497 e. The summed E-state index contributed by atoms with van der Waals surface area (Å²) in [4.78, 5) is 26.3. The van der Waals surface area contributed by atoms with Gasteiger partial charge in [-0.1, -0.05) is 0 Å². The monoisotopic (exact) mass is 302 g/mol. The zero-order valence-corrected chi connectivity index (χ0v) is 12.7. The van der Waals surface area contributed by atoms with Crippen LogP contribution < -0.4 is 20.3 Å². The van der Waals surface area contributed by atoms with Gasteiger partial charge in [-0.3, -0.25) is 9.59 Å². The third-order valence-electron chi connectivity index (χ3n) is 3.31. The molecule has 0 aliphatic rings. The first kappa shape index (κ1) is 15.6. The predicted molar refractivity (Wildman–Crippen MR) is 82.5 cm³/mol. The lowest BCUT2D eigenvalue weighted by atomic mass is 10.1. The largest absolute Gasteiger partial charge is 0.497 e. The van der Waals surface area contributed by atoms with E-state index in [-0.39, 0.29) is 11.6 Å². The van der Waals surface area contributed by atoms with Crippen molar-refractivity contribution in [2.75, 3.05) is 14.2 Å². The summed E-state index contributed by atoms with van der Waals surface area (Å²) < 4.78 is 10.5. The lowest BCUT2D eigenvalue weighted by Crippen LogP contribution is -2.31. The number of aromatic nitrogens is 1. The lowest BCUT2D eigenvalue weighted by Gasteiger charge is -2.18. The summed E-state index contributed by atoms with van der Waals surface area (Å²) in [6.45, 7) is 1.81. The Hall–Kier alpha value is -2.76. The number of amides is 1. The van der Waals surface area contributed by atoms with Gasteiger partial charge < -0.3 is 19.8 Å². The van der Waals surface area contributed by atoms with Crippen molar-refractivity contribution in [3.63, 3.8) is 0 Å². The van der Waals surface area contributed by atoms with E-state index in [4.69, 9.17) is 9.47 Å². The molecule has 1 amide bonds. The smallest absolute Gasteiger partial charge is 0.260 e. The zero-order chi connectivity index (χ0) is 16.1. The number of methoxy groups -OCH3 is 2. The number of H-pyrrole nitrogens is 1. The molecule has 0 saturated carbocycles. The molecule has 2 aromatic rings. The van der Waals surface area contributed by atoms with E-state index in [1.54, 1.807) is 38.5 Å². The van der Waals surface area contributed by atoms with Crippen molar-refractivity contribution < 1.29 is 14.3 Å².